The van der Waals surface area contributed by atoms with Gasteiger partial charge in [-0.05, 0) is 47.5 Å². The van der Waals surface area contributed by atoms with E-state index in [0.29, 0.717) is 63.7 Å². The molecule has 0 N–H and O–H groups in total. The Kier molecular flexibility index (Phi) is 12.5. The second kappa shape index (κ2) is 17.1. The van der Waals surface area contributed by atoms with Crippen LogP contribution in [0.15, 0.2) is 97.1 Å². The van der Waals surface area contributed by atoms with E-state index in [9.17, 15) is 35.9 Å². The van der Waals surface area contributed by atoms with Gasteiger partial charge in [0.2, 0.25) is 11.8 Å². The lowest BCUT2D eigenvalue weighted by Gasteiger charge is -2.38. The highest BCUT2D eigenvalue weighted by Crippen LogP contribution is 2.39. The van der Waals surface area contributed by atoms with Crippen molar-refractivity contribution in [3.8, 4) is 0 Å². The number of benzene rings is 4. The van der Waals surface area contributed by atoms with Gasteiger partial charge in [-0.1, -0.05) is 83.9 Å². The van der Waals surface area contributed by atoms with Crippen LogP contribution in [0.3, 0.4) is 0 Å². The molecule has 4 aromatic carbocycles. The summed E-state index contributed by atoms with van der Waals surface area (Å²) in [5.41, 5.74) is 0.781. The normalized spacial score (nSPS) is 16.6. The molecule has 2 heterocycles. The van der Waals surface area contributed by atoms with E-state index in [0.717, 1.165) is 23.3 Å². The molecule has 15 heteroatoms. The molecule has 2 amide bonds. The number of piperazine rings is 2. The molecule has 4 aromatic rings. The van der Waals surface area contributed by atoms with Crippen molar-refractivity contribution in [3.05, 3.63) is 129 Å². The highest BCUT2D eigenvalue weighted by atomic mass is 35.5. The van der Waals surface area contributed by atoms with E-state index < -0.39 is 35.7 Å². The monoisotopic (exact) mass is 806 g/mol. The third kappa shape index (κ3) is 10.1. The summed E-state index contributed by atoms with van der Waals surface area (Å²) in [6.45, 7) is 2.92. The van der Waals surface area contributed by atoms with E-state index in [-0.39, 0.29) is 34.7 Å². The maximum absolute atomic E-state index is 13.8. The van der Waals surface area contributed by atoms with Crippen molar-refractivity contribution in [3.63, 3.8) is 0 Å². The Morgan fingerprint density at radius 3 is 1.20 bits per heavy atom. The van der Waals surface area contributed by atoms with Crippen LogP contribution in [-0.4, -0.2) is 74.0 Å². The van der Waals surface area contributed by atoms with Crippen molar-refractivity contribution < 1.29 is 40.7 Å². The molecule has 0 aliphatic carbocycles. The van der Waals surface area contributed by atoms with Crippen LogP contribution in [0, 0.1) is 0 Å². The SMILES string of the molecule is O=C(CC(OC(CC(=O)N1CCN(c2ccc(C(F)(F)F)c(Cl)c2)CC1)c1ccccc1)c1ccccc1)N1CCN(c2ccc(C(F)(F)F)c(Cl)c2)CC1. The number of ether oxygens (including phenoxy) is 1. The van der Waals surface area contributed by atoms with Crippen LogP contribution in [0.2, 0.25) is 10.0 Å². The topological polar surface area (TPSA) is 56.3 Å². The largest absolute Gasteiger partial charge is 0.417 e. The molecule has 0 spiro atoms. The van der Waals surface area contributed by atoms with Gasteiger partial charge in [0.1, 0.15) is 0 Å². The van der Waals surface area contributed by atoms with Crippen molar-refractivity contribution in [1.29, 1.82) is 0 Å². The van der Waals surface area contributed by atoms with Crippen LogP contribution in [0.4, 0.5) is 37.7 Å². The van der Waals surface area contributed by atoms with Gasteiger partial charge in [0.25, 0.3) is 0 Å². The molecule has 0 aromatic heterocycles. The Morgan fingerprint density at radius 1 is 0.545 bits per heavy atom. The molecule has 0 saturated carbocycles. The highest BCUT2D eigenvalue weighted by molar-refractivity contribution is 6.32. The first-order valence-corrected chi connectivity index (χ1v) is 18.5. The van der Waals surface area contributed by atoms with E-state index in [1.807, 2.05) is 70.5 Å². The molecule has 292 valence electrons. The number of anilines is 2. The number of carbonyl (C=O) groups excluding carboxylic acids is 2. The first-order chi connectivity index (χ1) is 26.2. The zero-order chi connectivity index (χ0) is 39.3. The average molecular weight is 808 g/mol. The van der Waals surface area contributed by atoms with Crippen LogP contribution in [0.1, 0.15) is 47.3 Å². The molecule has 2 aliphatic heterocycles. The Hall–Kier alpha value is -4.46. The number of halogens is 8. The summed E-state index contributed by atoms with van der Waals surface area (Å²) in [5, 5.41) is -0.771. The molecule has 2 fully saturated rings. The molecule has 2 saturated heterocycles. The Labute approximate surface area is 325 Å². The minimum atomic E-state index is -4.56. The minimum Gasteiger partial charge on any atom is -0.368 e. The summed E-state index contributed by atoms with van der Waals surface area (Å²) in [7, 11) is 0. The predicted octanol–water partition coefficient (Wildman–Crippen LogP) is 9.31. The maximum atomic E-state index is 13.8. The van der Waals surface area contributed by atoms with Crippen LogP contribution >= 0.6 is 23.2 Å². The molecular weight excluding hydrogens is 769 g/mol. The summed E-state index contributed by atoms with van der Waals surface area (Å²) < 4.78 is 86.0. The number of amides is 2. The molecule has 0 radical (unpaired) electrons. The van der Waals surface area contributed by atoms with Crippen molar-refractivity contribution in [2.24, 2.45) is 0 Å². The molecule has 7 nitrogen and oxygen atoms in total. The number of hydrogen-bond donors (Lipinski definition) is 0. The first-order valence-electron chi connectivity index (χ1n) is 17.7. The van der Waals surface area contributed by atoms with Crippen molar-refractivity contribution in [2.45, 2.75) is 37.4 Å². The number of rotatable bonds is 10. The third-order valence-electron chi connectivity index (χ3n) is 9.90. The number of hydrogen-bond acceptors (Lipinski definition) is 5. The van der Waals surface area contributed by atoms with Gasteiger partial charge in [-0.3, -0.25) is 9.59 Å². The maximum Gasteiger partial charge on any atom is 0.417 e. The van der Waals surface area contributed by atoms with Gasteiger partial charge in [0.15, 0.2) is 0 Å². The Bertz CT molecular complexity index is 1800. The molecule has 6 rings (SSSR count). The van der Waals surface area contributed by atoms with Gasteiger partial charge >= 0.3 is 12.4 Å². The van der Waals surface area contributed by atoms with Gasteiger partial charge < -0.3 is 24.3 Å². The van der Waals surface area contributed by atoms with Gasteiger partial charge in [0, 0.05) is 63.7 Å². The number of nitrogens with zero attached hydrogens (tertiary/aromatic N) is 4. The summed E-state index contributed by atoms with van der Waals surface area (Å²) in [5.74, 6) is -0.340. The quantitative estimate of drug-likeness (QED) is 0.150. The van der Waals surface area contributed by atoms with E-state index >= 15 is 0 Å². The zero-order valence-corrected chi connectivity index (χ0v) is 31.0. The van der Waals surface area contributed by atoms with E-state index in [2.05, 4.69) is 0 Å². The van der Waals surface area contributed by atoms with Crippen LogP contribution < -0.4 is 9.80 Å². The number of carbonyl (C=O) groups is 2. The fourth-order valence-corrected chi connectivity index (χ4v) is 7.45. The summed E-state index contributed by atoms with van der Waals surface area (Å²) in [6.07, 6.45) is -10.6. The van der Waals surface area contributed by atoms with Crippen molar-refractivity contribution in [1.82, 2.24) is 9.80 Å². The lowest BCUT2D eigenvalue weighted by molar-refractivity contribution is -0.140. The minimum absolute atomic E-state index is 0.0119. The van der Waals surface area contributed by atoms with Crippen LogP contribution in [0.25, 0.3) is 0 Å². The van der Waals surface area contributed by atoms with Crippen LogP contribution in [-0.2, 0) is 26.7 Å². The first kappa shape index (κ1) is 40.2. The molecular formula is C40H38Cl2F6N4O3. The highest BCUT2D eigenvalue weighted by Gasteiger charge is 2.35. The smallest absolute Gasteiger partial charge is 0.368 e. The zero-order valence-electron chi connectivity index (χ0n) is 29.5. The summed E-state index contributed by atoms with van der Waals surface area (Å²) >= 11 is 11.9. The predicted molar refractivity (Wildman–Crippen MR) is 199 cm³/mol. The fraction of sp³-hybridized carbons (Fsp3) is 0.350. The second-order valence-corrected chi connectivity index (χ2v) is 14.2. The summed E-state index contributed by atoms with van der Waals surface area (Å²) in [4.78, 5) is 34.8. The fourth-order valence-electron chi connectivity index (χ4n) is 6.89. The lowest BCUT2D eigenvalue weighted by atomic mass is 10.0. The third-order valence-corrected chi connectivity index (χ3v) is 10.5. The molecule has 2 unspecified atom stereocenters. The average Bonchev–Trinajstić information content (AvgIpc) is 3.17. The standard InChI is InChI=1S/C40H38Cl2F6N4O3/c41-33-23-29(11-13-31(33)39(43,44)45)49-15-19-51(20-16-49)37(53)25-35(27-7-3-1-4-8-27)55-36(28-9-5-2-6-10-28)26-38(54)52-21-17-50(18-22-52)30-12-14-32(34(42)24-30)40(46,47)48/h1-14,23-24,35-36H,15-22,25-26H2. The Morgan fingerprint density at radius 2 is 0.891 bits per heavy atom. The van der Waals surface area contributed by atoms with Crippen LogP contribution in [0.5, 0.6) is 0 Å². The molecule has 0 bridgehead atoms. The number of alkyl halides is 6. The van der Waals surface area contributed by atoms with Crippen molar-refractivity contribution in [2.75, 3.05) is 62.2 Å². The molecule has 2 atom stereocenters. The Balaban J connectivity index is 1.11. The molecule has 2 aliphatic rings. The van der Waals surface area contributed by atoms with Gasteiger partial charge in [-0.2, -0.15) is 26.3 Å². The van der Waals surface area contributed by atoms with E-state index in [1.54, 1.807) is 9.80 Å². The second-order valence-electron chi connectivity index (χ2n) is 13.4. The summed E-state index contributed by atoms with van der Waals surface area (Å²) in [6, 6.07) is 25.8. The van der Waals surface area contributed by atoms with Gasteiger partial charge in [-0.25, -0.2) is 0 Å². The molecule has 55 heavy (non-hydrogen) atoms. The van der Waals surface area contributed by atoms with Crippen molar-refractivity contribution >= 4 is 46.4 Å². The van der Waals surface area contributed by atoms with Gasteiger partial charge in [-0.15, -0.1) is 0 Å². The van der Waals surface area contributed by atoms with Gasteiger partial charge in [0.05, 0.1) is 46.2 Å². The van der Waals surface area contributed by atoms with E-state index in [4.69, 9.17) is 27.9 Å². The lowest BCUT2D eigenvalue weighted by Crippen LogP contribution is -2.49. The van der Waals surface area contributed by atoms with E-state index in [1.165, 1.54) is 24.3 Å².